The molecule has 2 aliphatic rings. The van der Waals surface area contributed by atoms with Crippen molar-refractivity contribution in [1.29, 1.82) is 0 Å². The van der Waals surface area contributed by atoms with E-state index in [2.05, 4.69) is 16.0 Å². The third-order valence-electron chi connectivity index (χ3n) is 4.85. The minimum Gasteiger partial charge on any atom is -0.481 e. The van der Waals surface area contributed by atoms with E-state index in [0.717, 1.165) is 12.8 Å². The number of carbonyl (C=O) groups excluding carboxylic acids is 2. The molecule has 2 aliphatic heterocycles. The standard InChI is InChI=1S/C16H27N3O6S/c20-13(17-9-5-1-2-8-14(21)22)7-4-3-6-12-15-11(10-26(12,24)25)18-16(23)19-15/h11-12,15H,1-10H2,(H,17,20)(H,21,22)(H2,18,19,23)/t11?,12-,15?/m0/s1. The third kappa shape index (κ3) is 5.86. The van der Waals surface area contributed by atoms with Crippen molar-refractivity contribution >= 4 is 27.7 Å². The molecule has 0 aliphatic carbocycles. The first-order valence-corrected chi connectivity index (χ1v) is 10.8. The minimum absolute atomic E-state index is 0.0244. The average Bonchev–Trinajstić information content (AvgIpc) is 2.99. The summed E-state index contributed by atoms with van der Waals surface area (Å²) in [5.41, 5.74) is 0. The molecule has 2 heterocycles. The van der Waals surface area contributed by atoms with E-state index in [9.17, 15) is 22.8 Å². The topological polar surface area (TPSA) is 142 Å². The maximum atomic E-state index is 12.2. The maximum absolute atomic E-state index is 12.2. The third-order valence-corrected chi connectivity index (χ3v) is 7.13. The highest BCUT2D eigenvalue weighted by Crippen LogP contribution is 2.28. The molecule has 0 saturated carbocycles. The van der Waals surface area contributed by atoms with Crippen LogP contribution in [0.2, 0.25) is 0 Å². The van der Waals surface area contributed by atoms with Crippen LogP contribution in [0.4, 0.5) is 4.79 Å². The van der Waals surface area contributed by atoms with Gasteiger partial charge in [0, 0.05) is 19.4 Å². The van der Waals surface area contributed by atoms with Crippen LogP contribution >= 0.6 is 0 Å². The molecule has 0 aromatic carbocycles. The molecule has 2 saturated heterocycles. The van der Waals surface area contributed by atoms with Crippen molar-refractivity contribution in [2.24, 2.45) is 0 Å². The normalized spacial score (nSPS) is 26.0. The smallest absolute Gasteiger partial charge is 0.315 e. The molecule has 2 fully saturated rings. The first-order valence-electron chi connectivity index (χ1n) is 9.06. The van der Waals surface area contributed by atoms with Gasteiger partial charge >= 0.3 is 12.0 Å². The fraction of sp³-hybridized carbons (Fsp3) is 0.812. The van der Waals surface area contributed by atoms with Gasteiger partial charge in [0.05, 0.1) is 23.1 Å². The van der Waals surface area contributed by atoms with Gasteiger partial charge in [-0.2, -0.15) is 0 Å². The molecular formula is C16H27N3O6S. The van der Waals surface area contributed by atoms with E-state index in [1.54, 1.807) is 0 Å². The second-order valence-electron chi connectivity index (χ2n) is 6.92. The Balaban J connectivity index is 1.57. The van der Waals surface area contributed by atoms with Gasteiger partial charge in [-0.25, -0.2) is 13.2 Å². The van der Waals surface area contributed by atoms with Crippen LogP contribution in [0.1, 0.15) is 51.4 Å². The van der Waals surface area contributed by atoms with Gasteiger partial charge in [0.15, 0.2) is 9.84 Å². The van der Waals surface area contributed by atoms with Crippen LogP contribution in [0.5, 0.6) is 0 Å². The van der Waals surface area contributed by atoms with Crippen molar-refractivity contribution in [2.45, 2.75) is 68.7 Å². The zero-order valence-corrected chi connectivity index (χ0v) is 15.5. The summed E-state index contributed by atoms with van der Waals surface area (Å²) in [5, 5.41) is 16.0. The molecule has 2 unspecified atom stereocenters. The molecule has 0 aromatic rings. The van der Waals surface area contributed by atoms with Crippen LogP contribution in [-0.4, -0.2) is 61.1 Å². The SMILES string of the molecule is O=C(O)CCCCCNC(=O)CCCC[C@H]1C2NC(=O)NC2CS1(=O)=O. The molecule has 3 amide bonds. The lowest BCUT2D eigenvalue weighted by molar-refractivity contribution is -0.137. The number of carbonyl (C=O) groups is 3. The van der Waals surface area contributed by atoms with Crippen LogP contribution in [0.15, 0.2) is 0 Å². The molecule has 2 rings (SSSR count). The number of nitrogens with one attached hydrogen (secondary N) is 3. The fourth-order valence-corrected chi connectivity index (χ4v) is 5.80. The number of hydrogen-bond donors (Lipinski definition) is 4. The summed E-state index contributed by atoms with van der Waals surface area (Å²) >= 11 is 0. The molecule has 148 valence electrons. The molecule has 10 heteroatoms. The van der Waals surface area contributed by atoms with E-state index in [0.29, 0.717) is 38.6 Å². The van der Waals surface area contributed by atoms with Crippen LogP contribution in [0.3, 0.4) is 0 Å². The number of hydrogen-bond acceptors (Lipinski definition) is 5. The Morgan fingerprint density at radius 3 is 2.54 bits per heavy atom. The second kappa shape index (κ2) is 9.20. The molecule has 3 atom stereocenters. The number of urea groups is 1. The summed E-state index contributed by atoms with van der Waals surface area (Å²) in [6.07, 6.45) is 4.23. The van der Waals surface area contributed by atoms with Crippen molar-refractivity contribution in [3.05, 3.63) is 0 Å². The van der Waals surface area contributed by atoms with Gasteiger partial charge < -0.3 is 21.1 Å². The molecule has 0 aromatic heterocycles. The van der Waals surface area contributed by atoms with Crippen LogP contribution in [0, 0.1) is 0 Å². The Bertz CT molecular complexity index is 636. The largest absolute Gasteiger partial charge is 0.481 e. The quantitative estimate of drug-likeness (QED) is 0.293. The Kier molecular flexibility index (Phi) is 7.24. The monoisotopic (exact) mass is 389 g/mol. The summed E-state index contributed by atoms with van der Waals surface area (Å²) in [6.45, 7) is 0.525. The Labute approximate surface area is 153 Å². The molecule has 26 heavy (non-hydrogen) atoms. The lowest BCUT2D eigenvalue weighted by atomic mass is 10.0. The highest BCUT2D eigenvalue weighted by molar-refractivity contribution is 7.92. The predicted molar refractivity (Wildman–Crippen MR) is 94.4 cm³/mol. The number of carboxylic acids is 1. The van der Waals surface area contributed by atoms with Gasteiger partial charge in [-0.15, -0.1) is 0 Å². The van der Waals surface area contributed by atoms with Crippen molar-refractivity contribution < 1.29 is 27.9 Å². The first kappa shape index (κ1) is 20.5. The van der Waals surface area contributed by atoms with E-state index in [1.165, 1.54) is 0 Å². The van der Waals surface area contributed by atoms with Gasteiger partial charge in [0.1, 0.15) is 0 Å². The number of carboxylic acid groups (broad SMARTS) is 1. The van der Waals surface area contributed by atoms with Crippen LogP contribution < -0.4 is 16.0 Å². The van der Waals surface area contributed by atoms with Gasteiger partial charge in [0.25, 0.3) is 0 Å². The van der Waals surface area contributed by atoms with E-state index in [-0.39, 0.29) is 36.2 Å². The zero-order valence-electron chi connectivity index (χ0n) is 14.7. The van der Waals surface area contributed by atoms with E-state index in [1.807, 2.05) is 0 Å². The Morgan fingerprint density at radius 1 is 1.08 bits per heavy atom. The van der Waals surface area contributed by atoms with E-state index < -0.39 is 21.1 Å². The summed E-state index contributed by atoms with van der Waals surface area (Å²) in [6, 6.07) is -1.03. The average molecular weight is 389 g/mol. The summed E-state index contributed by atoms with van der Waals surface area (Å²) in [7, 11) is -3.22. The van der Waals surface area contributed by atoms with Crippen molar-refractivity contribution in [3.63, 3.8) is 0 Å². The highest BCUT2D eigenvalue weighted by Gasteiger charge is 2.51. The van der Waals surface area contributed by atoms with E-state index >= 15 is 0 Å². The van der Waals surface area contributed by atoms with Gasteiger partial charge in [-0.1, -0.05) is 12.8 Å². The van der Waals surface area contributed by atoms with Crippen molar-refractivity contribution in [3.8, 4) is 0 Å². The Morgan fingerprint density at radius 2 is 1.81 bits per heavy atom. The summed E-state index contributed by atoms with van der Waals surface area (Å²) < 4.78 is 24.3. The van der Waals surface area contributed by atoms with Crippen LogP contribution in [-0.2, 0) is 19.4 Å². The van der Waals surface area contributed by atoms with Gasteiger partial charge in [-0.05, 0) is 25.7 Å². The molecular weight excluding hydrogens is 362 g/mol. The number of unbranched alkanes of at least 4 members (excludes halogenated alkanes) is 3. The maximum Gasteiger partial charge on any atom is 0.315 e. The van der Waals surface area contributed by atoms with Crippen molar-refractivity contribution in [2.75, 3.05) is 12.3 Å². The van der Waals surface area contributed by atoms with Gasteiger partial charge in [-0.3, -0.25) is 9.59 Å². The second-order valence-corrected chi connectivity index (χ2v) is 9.18. The Hall–Kier alpha value is -1.84. The molecule has 0 spiro atoms. The lowest BCUT2D eigenvalue weighted by Crippen LogP contribution is -2.39. The van der Waals surface area contributed by atoms with Crippen LogP contribution in [0.25, 0.3) is 0 Å². The number of fused-ring (bicyclic) bond motifs is 1. The summed E-state index contributed by atoms with van der Waals surface area (Å²) in [4.78, 5) is 33.4. The highest BCUT2D eigenvalue weighted by atomic mass is 32.2. The fourth-order valence-electron chi connectivity index (χ4n) is 3.53. The number of amides is 3. The molecule has 0 bridgehead atoms. The number of rotatable bonds is 11. The molecule has 0 radical (unpaired) electrons. The minimum atomic E-state index is -3.22. The summed E-state index contributed by atoms with van der Waals surface area (Å²) in [5.74, 6) is -0.910. The predicted octanol–water partition coefficient (Wildman–Crippen LogP) is 0.155. The first-order chi connectivity index (χ1) is 12.3. The van der Waals surface area contributed by atoms with Crippen molar-refractivity contribution in [1.82, 2.24) is 16.0 Å². The lowest BCUT2D eigenvalue weighted by Gasteiger charge is -2.16. The molecule has 4 N–H and O–H groups in total. The molecule has 9 nitrogen and oxygen atoms in total. The number of sulfone groups is 1. The zero-order chi connectivity index (χ0) is 19.2. The number of aliphatic carboxylic acids is 1. The van der Waals surface area contributed by atoms with Gasteiger partial charge in [0.2, 0.25) is 5.91 Å². The van der Waals surface area contributed by atoms with E-state index in [4.69, 9.17) is 5.11 Å².